The van der Waals surface area contributed by atoms with E-state index < -0.39 is 0 Å². The molecule has 0 saturated carbocycles. The molecule has 1 atom stereocenters. The number of fused-ring (bicyclic) bond motifs is 1. The smallest absolute Gasteiger partial charge is 0.399 e. The van der Waals surface area contributed by atoms with Gasteiger partial charge in [0.1, 0.15) is 0 Å². The van der Waals surface area contributed by atoms with Crippen molar-refractivity contribution >= 4 is 12.6 Å². The van der Waals surface area contributed by atoms with Crippen molar-refractivity contribution in [3.63, 3.8) is 0 Å². The van der Waals surface area contributed by atoms with Crippen LogP contribution in [0.15, 0.2) is 42.5 Å². The molecular formula is C23H30BNO2. The van der Waals surface area contributed by atoms with Crippen molar-refractivity contribution in [3.8, 4) is 0 Å². The van der Waals surface area contributed by atoms with E-state index >= 15 is 0 Å². The van der Waals surface area contributed by atoms with Crippen LogP contribution in [0.4, 0.5) is 0 Å². The van der Waals surface area contributed by atoms with Crippen LogP contribution in [0.1, 0.15) is 62.9 Å². The lowest BCUT2D eigenvalue weighted by Crippen LogP contribution is -2.41. The zero-order valence-electron chi connectivity index (χ0n) is 17.4. The van der Waals surface area contributed by atoms with Crippen molar-refractivity contribution in [2.75, 3.05) is 0 Å². The lowest BCUT2D eigenvalue weighted by Gasteiger charge is -2.32. The summed E-state index contributed by atoms with van der Waals surface area (Å²) < 4.78 is 12.4. The summed E-state index contributed by atoms with van der Waals surface area (Å²) in [4.78, 5) is 2.54. The fourth-order valence-electron chi connectivity index (χ4n) is 4.12. The highest BCUT2D eigenvalue weighted by atomic mass is 16.7. The quantitative estimate of drug-likeness (QED) is 0.756. The van der Waals surface area contributed by atoms with Crippen molar-refractivity contribution in [3.05, 3.63) is 64.7 Å². The Labute approximate surface area is 163 Å². The monoisotopic (exact) mass is 363 g/mol. The van der Waals surface area contributed by atoms with Gasteiger partial charge in [-0.05, 0) is 69.3 Å². The standard InChI is InChI=1S/C23H30BNO2/c1-16-13-20(24-26-22(3,4)23(5,6)27-24)11-12-21(16)17(2)25-14-18-9-7-8-10-19(18)15-25/h7-13,17H,14-15H2,1-6H3. The fourth-order valence-corrected chi connectivity index (χ4v) is 4.12. The van der Waals surface area contributed by atoms with Gasteiger partial charge in [-0.2, -0.15) is 0 Å². The Kier molecular flexibility index (Phi) is 4.49. The zero-order chi connectivity index (χ0) is 19.4. The topological polar surface area (TPSA) is 21.7 Å². The van der Waals surface area contributed by atoms with Crippen LogP contribution in [0.25, 0.3) is 0 Å². The molecule has 2 aliphatic heterocycles. The first-order valence-electron chi connectivity index (χ1n) is 9.95. The molecule has 0 amide bonds. The SMILES string of the molecule is Cc1cc(B2OC(C)(C)C(C)(C)O2)ccc1C(C)N1Cc2ccccc2C1. The maximum atomic E-state index is 6.21. The third-order valence-corrected chi connectivity index (χ3v) is 6.68. The largest absolute Gasteiger partial charge is 0.494 e. The van der Waals surface area contributed by atoms with Gasteiger partial charge in [-0.15, -0.1) is 0 Å². The summed E-state index contributed by atoms with van der Waals surface area (Å²) in [6, 6.07) is 15.8. The molecule has 142 valence electrons. The van der Waals surface area contributed by atoms with Gasteiger partial charge in [-0.1, -0.05) is 42.5 Å². The third kappa shape index (κ3) is 3.24. The lowest BCUT2D eigenvalue weighted by atomic mass is 9.77. The summed E-state index contributed by atoms with van der Waals surface area (Å²) >= 11 is 0. The molecule has 1 saturated heterocycles. The number of hydrogen-bond donors (Lipinski definition) is 0. The molecule has 0 radical (unpaired) electrons. The van der Waals surface area contributed by atoms with Gasteiger partial charge in [0.15, 0.2) is 0 Å². The van der Waals surface area contributed by atoms with Gasteiger partial charge >= 0.3 is 7.12 Å². The summed E-state index contributed by atoms with van der Waals surface area (Å²) in [6.07, 6.45) is 0. The van der Waals surface area contributed by atoms with Gasteiger partial charge in [0, 0.05) is 19.1 Å². The van der Waals surface area contributed by atoms with Crippen LogP contribution in [-0.4, -0.2) is 23.2 Å². The van der Waals surface area contributed by atoms with Crippen LogP contribution in [0, 0.1) is 6.92 Å². The number of hydrogen-bond acceptors (Lipinski definition) is 3. The highest BCUT2D eigenvalue weighted by molar-refractivity contribution is 6.62. The van der Waals surface area contributed by atoms with Gasteiger partial charge in [-0.25, -0.2) is 0 Å². The first-order chi connectivity index (χ1) is 12.7. The van der Waals surface area contributed by atoms with E-state index in [2.05, 4.69) is 88.9 Å². The van der Waals surface area contributed by atoms with Crippen molar-refractivity contribution in [2.24, 2.45) is 0 Å². The molecule has 4 heteroatoms. The van der Waals surface area contributed by atoms with E-state index in [4.69, 9.17) is 9.31 Å². The Morgan fingerprint density at radius 2 is 1.48 bits per heavy atom. The average Bonchev–Trinajstić information content (AvgIpc) is 3.12. The lowest BCUT2D eigenvalue weighted by molar-refractivity contribution is 0.00578. The van der Waals surface area contributed by atoms with Gasteiger partial charge in [0.05, 0.1) is 11.2 Å². The van der Waals surface area contributed by atoms with Crippen LogP contribution in [0.5, 0.6) is 0 Å². The van der Waals surface area contributed by atoms with Crippen molar-refractivity contribution in [2.45, 2.75) is 71.9 Å². The van der Waals surface area contributed by atoms with Crippen LogP contribution in [0.3, 0.4) is 0 Å². The first-order valence-corrected chi connectivity index (χ1v) is 9.95. The van der Waals surface area contributed by atoms with Gasteiger partial charge in [-0.3, -0.25) is 4.90 Å². The number of aryl methyl sites for hydroxylation is 1. The Hall–Kier alpha value is -1.62. The Bertz CT molecular complexity index is 820. The highest BCUT2D eigenvalue weighted by Gasteiger charge is 2.51. The van der Waals surface area contributed by atoms with E-state index in [-0.39, 0.29) is 18.3 Å². The molecule has 0 aliphatic carbocycles. The van der Waals surface area contributed by atoms with Gasteiger partial charge < -0.3 is 9.31 Å². The molecule has 27 heavy (non-hydrogen) atoms. The molecule has 3 nitrogen and oxygen atoms in total. The minimum Gasteiger partial charge on any atom is -0.399 e. The molecule has 2 aromatic rings. The Morgan fingerprint density at radius 1 is 0.926 bits per heavy atom. The predicted molar refractivity (Wildman–Crippen MR) is 111 cm³/mol. The van der Waals surface area contributed by atoms with E-state index in [0.29, 0.717) is 6.04 Å². The summed E-state index contributed by atoms with van der Waals surface area (Å²) in [5.74, 6) is 0. The van der Waals surface area contributed by atoms with E-state index in [1.165, 1.54) is 22.3 Å². The van der Waals surface area contributed by atoms with Gasteiger partial charge in [0.25, 0.3) is 0 Å². The van der Waals surface area contributed by atoms with Crippen LogP contribution in [0.2, 0.25) is 0 Å². The van der Waals surface area contributed by atoms with Gasteiger partial charge in [0.2, 0.25) is 0 Å². The van der Waals surface area contributed by atoms with Crippen molar-refractivity contribution in [1.82, 2.24) is 4.90 Å². The molecule has 4 rings (SSSR count). The molecule has 1 fully saturated rings. The van der Waals surface area contributed by atoms with Crippen molar-refractivity contribution in [1.29, 1.82) is 0 Å². The van der Waals surface area contributed by atoms with Crippen molar-refractivity contribution < 1.29 is 9.31 Å². The fraction of sp³-hybridized carbons (Fsp3) is 0.478. The molecule has 0 N–H and O–H groups in total. The number of nitrogens with zero attached hydrogens (tertiary/aromatic N) is 1. The minimum absolute atomic E-state index is 0.297. The molecule has 2 heterocycles. The molecule has 2 aliphatic rings. The highest BCUT2D eigenvalue weighted by Crippen LogP contribution is 2.37. The molecule has 2 aromatic carbocycles. The molecular weight excluding hydrogens is 333 g/mol. The van der Waals surface area contributed by atoms with Crippen LogP contribution >= 0.6 is 0 Å². The second-order valence-corrected chi connectivity index (χ2v) is 9.05. The first kappa shape index (κ1) is 18.7. The second-order valence-electron chi connectivity index (χ2n) is 9.05. The molecule has 0 aromatic heterocycles. The zero-order valence-corrected chi connectivity index (χ0v) is 17.4. The van der Waals surface area contributed by atoms with E-state index in [1.54, 1.807) is 0 Å². The normalized spacial score (nSPS) is 22.1. The second kappa shape index (κ2) is 6.47. The Balaban J connectivity index is 1.53. The van der Waals surface area contributed by atoms with E-state index in [9.17, 15) is 0 Å². The van der Waals surface area contributed by atoms with Crippen LogP contribution in [-0.2, 0) is 22.4 Å². The summed E-state index contributed by atoms with van der Waals surface area (Å²) in [6.45, 7) is 14.9. The molecule has 0 spiro atoms. The summed E-state index contributed by atoms with van der Waals surface area (Å²) in [7, 11) is -0.297. The predicted octanol–water partition coefficient (Wildman–Crippen LogP) is 4.37. The average molecular weight is 363 g/mol. The Morgan fingerprint density at radius 3 is 2.00 bits per heavy atom. The summed E-state index contributed by atoms with van der Waals surface area (Å²) in [5, 5.41) is 0. The summed E-state index contributed by atoms with van der Waals surface area (Å²) in [5.41, 5.74) is 6.07. The molecule has 1 unspecified atom stereocenters. The van der Waals surface area contributed by atoms with Crippen LogP contribution < -0.4 is 5.46 Å². The molecule has 0 bridgehead atoms. The maximum absolute atomic E-state index is 6.21. The van der Waals surface area contributed by atoms with E-state index in [1.807, 2.05) is 0 Å². The van der Waals surface area contributed by atoms with E-state index in [0.717, 1.165) is 18.6 Å². The third-order valence-electron chi connectivity index (χ3n) is 6.68. The minimum atomic E-state index is -0.307. The maximum Gasteiger partial charge on any atom is 0.494 e. The number of rotatable bonds is 3. The number of benzene rings is 2.